The van der Waals surface area contributed by atoms with Gasteiger partial charge in [0.1, 0.15) is 0 Å². The molecule has 0 radical (unpaired) electrons. The summed E-state index contributed by atoms with van der Waals surface area (Å²) in [7, 11) is -4.57. The van der Waals surface area contributed by atoms with Gasteiger partial charge in [-0.1, -0.05) is 58.3 Å². The van der Waals surface area contributed by atoms with Crippen molar-refractivity contribution in [1.82, 2.24) is 0 Å². The Labute approximate surface area is 128 Å². The summed E-state index contributed by atoms with van der Waals surface area (Å²) in [6, 6.07) is 0. The summed E-state index contributed by atoms with van der Waals surface area (Å²) < 4.78 is 29.3. The third-order valence-corrected chi connectivity index (χ3v) is 5.46. The average Bonchev–Trinajstić information content (AvgIpc) is 2.43. The van der Waals surface area contributed by atoms with Crippen molar-refractivity contribution in [1.29, 1.82) is 0 Å². The van der Waals surface area contributed by atoms with Crippen LogP contribution in [0.3, 0.4) is 0 Å². The van der Waals surface area contributed by atoms with E-state index in [0.717, 1.165) is 26.2 Å². The van der Waals surface area contributed by atoms with Crippen LogP contribution >= 0.6 is 0 Å². The van der Waals surface area contributed by atoms with Crippen LogP contribution < -0.4 is 0 Å². The van der Waals surface area contributed by atoms with Crippen LogP contribution in [-0.2, 0) is 14.9 Å². The Balaban J connectivity index is 3.85. The second kappa shape index (κ2) is 10.3. The number of ketones is 1. The summed E-state index contributed by atoms with van der Waals surface area (Å²) in [6.45, 7) is 2.37. The van der Waals surface area contributed by atoms with Crippen molar-refractivity contribution in [2.45, 2.75) is 82.8 Å². The maximum Gasteiger partial charge on any atom is 0.279 e. The maximum atomic E-state index is 11.9. The van der Waals surface area contributed by atoms with Crippen molar-refractivity contribution in [2.24, 2.45) is 0 Å². The Bertz CT molecular complexity index is 391. The van der Waals surface area contributed by atoms with Gasteiger partial charge in [0.25, 0.3) is 10.1 Å². The molecule has 0 saturated heterocycles. The van der Waals surface area contributed by atoms with Gasteiger partial charge in [-0.05, 0) is 13.3 Å². The van der Waals surface area contributed by atoms with Crippen LogP contribution in [0.4, 0.5) is 0 Å². The van der Waals surface area contributed by atoms with E-state index in [0.29, 0.717) is 6.42 Å². The van der Waals surface area contributed by atoms with Crippen LogP contribution in [0.5, 0.6) is 0 Å². The molecule has 1 atom stereocenters. The molecule has 0 rings (SSSR count). The van der Waals surface area contributed by atoms with Crippen LogP contribution in [0.1, 0.15) is 78.1 Å². The number of carbonyl (C=O) groups excluding carboxylic acids is 1. The Morgan fingerprint density at radius 2 is 1.38 bits per heavy atom. The van der Waals surface area contributed by atoms with Crippen molar-refractivity contribution in [3.63, 3.8) is 0 Å². The van der Waals surface area contributed by atoms with Gasteiger partial charge in [0, 0.05) is 6.42 Å². The van der Waals surface area contributed by atoms with Gasteiger partial charge in [-0.15, -0.1) is 0 Å². The molecule has 0 heterocycles. The normalized spacial score (nSPS) is 14.9. The lowest BCUT2D eigenvalue weighted by Crippen LogP contribution is -2.46. The molecule has 0 amide bonds. The summed E-state index contributed by atoms with van der Waals surface area (Å²) in [4.78, 5) is 11.9. The molecule has 0 fully saturated rings. The lowest BCUT2D eigenvalue weighted by atomic mass is 9.99. The topological polar surface area (TPSA) is 91.7 Å². The summed E-state index contributed by atoms with van der Waals surface area (Å²) in [6.07, 6.45) is 9.94. The highest BCUT2D eigenvalue weighted by Crippen LogP contribution is 2.20. The van der Waals surface area contributed by atoms with Gasteiger partial charge < -0.3 is 5.11 Å². The summed E-state index contributed by atoms with van der Waals surface area (Å²) in [5.41, 5.74) is 0. The van der Waals surface area contributed by atoms with Gasteiger partial charge >= 0.3 is 0 Å². The number of hydrogen-bond acceptors (Lipinski definition) is 4. The van der Waals surface area contributed by atoms with Crippen molar-refractivity contribution in [3.05, 3.63) is 0 Å². The van der Waals surface area contributed by atoms with Crippen molar-refractivity contribution < 1.29 is 22.9 Å². The molecule has 0 aliphatic heterocycles. The zero-order valence-corrected chi connectivity index (χ0v) is 14.1. The molecule has 0 bridgehead atoms. The van der Waals surface area contributed by atoms with E-state index < -0.39 is 27.3 Å². The quantitative estimate of drug-likeness (QED) is 0.401. The lowest BCUT2D eigenvalue weighted by molar-refractivity contribution is -0.122. The summed E-state index contributed by atoms with van der Waals surface area (Å²) >= 11 is 0. The van der Waals surface area contributed by atoms with Gasteiger partial charge in [-0.2, -0.15) is 8.42 Å². The number of carbonyl (C=O) groups is 1. The molecule has 1 unspecified atom stereocenters. The van der Waals surface area contributed by atoms with Gasteiger partial charge in [-0.3, -0.25) is 9.35 Å². The van der Waals surface area contributed by atoms with E-state index in [-0.39, 0.29) is 6.42 Å². The number of unbranched alkanes of at least 4 members (excludes halogenated alkanes) is 8. The first-order valence-electron chi connectivity index (χ1n) is 7.90. The van der Waals surface area contributed by atoms with Crippen molar-refractivity contribution >= 4 is 15.9 Å². The third kappa shape index (κ3) is 7.38. The highest BCUT2D eigenvalue weighted by molar-refractivity contribution is 7.88. The van der Waals surface area contributed by atoms with E-state index in [4.69, 9.17) is 9.66 Å². The molecule has 5 nitrogen and oxygen atoms in total. The molecule has 0 aliphatic rings. The smallest absolute Gasteiger partial charge is 0.279 e. The Morgan fingerprint density at radius 3 is 1.76 bits per heavy atom. The molecule has 2 N–H and O–H groups in total. The van der Waals surface area contributed by atoms with Gasteiger partial charge in [0.15, 0.2) is 10.5 Å². The first-order valence-corrected chi connectivity index (χ1v) is 9.34. The molecule has 21 heavy (non-hydrogen) atoms. The largest absolute Gasteiger partial charge is 0.394 e. The number of rotatable bonds is 13. The number of Topliss-reactive ketones (excluding diaryl/α,β-unsaturated/α-hetero) is 1. The lowest BCUT2D eigenvalue weighted by Gasteiger charge is -2.21. The third-order valence-electron chi connectivity index (χ3n) is 3.97. The predicted molar refractivity (Wildman–Crippen MR) is 83.9 cm³/mol. The minimum Gasteiger partial charge on any atom is -0.394 e. The fourth-order valence-corrected chi connectivity index (χ4v) is 2.73. The standard InChI is InChI=1S/C15H30O5S/c1-3-4-5-6-7-8-9-10-11-12-14(17)15(2,13-16)21(18,19)20/h16H,3-13H2,1-2H3,(H,18,19,20). The average molecular weight is 322 g/mol. The SMILES string of the molecule is CCCCCCCCCCCC(=O)C(C)(CO)S(=O)(=O)O. The monoisotopic (exact) mass is 322 g/mol. The second-order valence-corrected chi connectivity index (χ2v) is 7.72. The molecule has 0 spiro atoms. The molecular weight excluding hydrogens is 292 g/mol. The Morgan fingerprint density at radius 1 is 0.952 bits per heavy atom. The fourth-order valence-electron chi connectivity index (χ4n) is 2.17. The van der Waals surface area contributed by atoms with E-state index in [1.54, 1.807) is 0 Å². The van der Waals surface area contributed by atoms with E-state index in [2.05, 4.69) is 6.92 Å². The number of aliphatic hydroxyl groups excluding tert-OH is 1. The molecule has 0 aromatic heterocycles. The zero-order valence-electron chi connectivity index (χ0n) is 13.3. The highest BCUT2D eigenvalue weighted by atomic mass is 32.2. The molecular formula is C15H30O5S. The fraction of sp³-hybridized carbons (Fsp3) is 0.933. The number of hydrogen-bond donors (Lipinski definition) is 2. The molecule has 6 heteroatoms. The van der Waals surface area contributed by atoms with Crippen molar-refractivity contribution in [3.8, 4) is 0 Å². The van der Waals surface area contributed by atoms with Crippen LogP contribution in [0.2, 0.25) is 0 Å². The van der Waals surface area contributed by atoms with Gasteiger partial charge in [0.05, 0.1) is 6.61 Å². The second-order valence-electron chi connectivity index (χ2n) is 5.87. The van der Waals surface area contributed by atoms with Gasteiger partial charge in [0.2, 0.25) is 0 Å². The zero-order chi connectivity index (χ0) is 16.4. The summed E-state index contributed by atoms with van der Waals surface area (Å²) in [5, 5.41) is 9.07. The van der Waals surface area contributed by atoms with E-state index in [9.17, 15) is 13.2 Å². The first kappa shape index (κ1) is 20.5. The Kier molecular flexibility index (Phi) is 10.1. The van der Waals surface area contributed by atoms with Crippen molar-refractivity contribution in [2.75, 3.05) is 6.61 Å². The van der Waals surface area contributed by atoms with Crippen LogP contribution in [-0.4, -0.2) is 35.2 Å². The van der Waals surface area contributed by atoms with Crippen LogP contribution in [0, 0.1) is 0 Å². The molecule has 0 aliphatic carbocycles. The molecule has 0 aromatic rings. The molecule has 0 saturated carbocycles. The van der Waals surface area contributed by atoms with Crippen LogP contribution in [0.15, 0.2) is 0 Å². The predicted octanol–water partition coefficient (Wildman–Crippen LogP) is 3.12. The molecule has 126 valence electrons. The minimum atomic E-state index is -4.57. The molecule has 0 aromatic carbocycles. The Hall–Kier alpha value is -0.460. The highest BCUT2D eigenvalue weighted by Gasteiger charge is 2.44. The minimum absolute atomic E-state index is 0.0761. The first-order chi connectivity index (χ1) is 9.79. The van der Waals surface area contributed by atoms with E-state index in [1.165, 1.54) is 32.1 Å². The van der Waals surface area contributed by atoms with Crippen LogP contribution in [0.25, 0.3) is 0 Å². The summed E-state index contributed by atoms with van der Waals surface area (Å²) in [5.74, 6) is -0.615. The van der Waals surface area contributed by atoms with E-state index in [1.807, 2.05) is 0 Å². The van der Waals surface area contributed by atoms with Gasteiger partial charge in [-0.25, -0.2) is 0 Å². The number of aliphatic hydroxyl groups is 1. The van der Waals surface area contributed by atoms with E-state index >= 15 is 0 Å². The maximum absolute atomic E-state index is 11.9.